The zero-order valence-electron chi connectivity index (χ0n) is 11.1. The van der Waals surface area contributed by atoms with Crippen LogP contribution in [0.5, 0.6) is 0 Å². The first-order chi connectivity index (χ1) is 8.70. The molecule has 0 aromatic heterocycles. The SMILES string of the molecule is CCCCNC(=O)CN1CC2CC3CC2C1C3O. The Labute approximate surface area is 109 Å². The fraction of sp³-hybridized carbons (Fsp3) is 0.929. The Morgan fingerprint density at radius 2 is 2.22 bits per heavy atom. The van der Waals surface area contributed by atoms with Gasteiger partial charge in [-0.25, -0.2) is 0 Å². The minimum absolute atomic E-state index is 0.125. The maximum atomic E-state index is 11.9. The van der Waals surface area contributed by atoms with Gasteiger partial charge in [-0.15, -0.1) is 0 Å². The number of unbranched alkanes of at least 4 members (excludes halogenated alkanes) is 1. The normalized spacial score (nSPS) is 41.6. The molecule has 3 fully saturated rings. The molecule has 3 aliphatic rings. The fourth-order valence-electron chi connectivity index (χ4n) is 4.37. The highest BCUT2D eigenvalue weighted by molar-refractivity contribution is 5.78. The van der Waals surface area contributed by atoms with Crippen molar-refractivity contribution >= 4 is 5.91 Å². The van der Waals surface area contributed by atoms with Gasteiger partial charge >= 0.3 is 0 Å². The molecule has 4 nitrogen and oxygen atoms in total. The molecule has 1 amide bonds. The number of carbonyl (C=O) groups is 1. The lowest BCUT2D eigenvalue weighted by molar-refractivity contribution is -0.122. The summed E-state index contributed by atoms with van der Waals surface area (Å²) in [4.78, 5) is 14.1. The highest BCUT2D eigenvalue weighted by Crippen LogP contribution is 2.54. The lowest BCUT2D eigenvalue weighted by atomic mass is 9.88. The largest absolute Gasteiger partial charge is 0.391 e. The number of likely N-dealkylation sites (tertiary alicyclic amines) is 1. The fourth-order valence-corrected chi connectivity index (χ4v) is 4.37. The molecule has 5 atom stereocenters. The highest BCUT2D eigenvalue weighted by atomic mass is 16.3. The number of hydrogen-bond acceptors (Lipinski definition) is 3. The van der Waals surface area contributed by atoms with Crippen LogP contribution in [0.25, 0.3) is 0 Å². The summed E-state index contributed by atoms with van der Waals surface area (Å²) < 4.78 is 0. The monoisotopic (exact) mass is 252 g/mol. The third-order valence-corrected chi connectivity index (χ3v) is 5.15. The van der Waals surface area contributed by atoms with E-state index in [0.29, 0.717) is 18.4 Å². The van der Waals surface area contributed by atoms with E-state index in [9.17, 15) is 9.90 Å². The van der Waals surface area contributed by atoms with E-state index in [4.69, 9.17) is 0 Å². The molecule has 1 saturated heterocycles. The lowest BCUT2D eigenvalue weighted by Crippen LogP contribution is -2.45. The van der Waals surface area contributed by atoms with Crippen LogP contribution >= 0.6 is 0 Å². The van der Waals surface area contributed by atoms with E-state index in [1.165, 1.54) is 12.8 Å². The summed E-state index contributed by atoms with van der Waals surface area (Å²) in [6, 6.07) is 0.269. The van der Waals surface area contributed by atoms with Crippen molar-refractivity contribution in [3.63, 3.8) is 0 Å². The molecule has 0 aromatic rings. The van der Waals surface area contributed by atoms with Crippen molar-refractivity contribution in [2.45, 2.75) is 44.8 Å². The Morgan fingerprint density at radius 1 is 1.39 bits per heavy atom. The van der Waals surface area contributed by atoms with Gasteiger partial charge in [-0.3, -0.25) is 9.69 Å². The molecule has 2 aliphatic carbocycles. The van der Waals surface area contributed by atoms with Gasteiger partial charge in [0.1, 0.15) is 0 Å². The molecule has 4 heteroatoms. The van der Waals surface area contributed by atoms with Crippen molar-refractivity contribution in [3.05, 3.63) is 0 Å². The van der Waals surface area contributed by atoms with Gasteiger partial charge in [0.2, 0.25) is 5.91 Å². The zero-order valence-corrected chi connectivity index (χ0v) is 11.1. The summed E-state index contributed by atoms with van der Waals surface area (Å²) in [5.74, 6) is 2.04. The molecule has 0 aromatic carbocycles. The van der Waals surface area contributed by atoms with E-state index in [1.54, 1.807) is 0 Å². The van der Waals surface area contributed by atoms with Crippen LogP contribution in [-0.4, -0.2) is 47.7 Å². The average molecular weight is 252 g/mol. The van der Waals surface area contributed by atoms with Crippen LogP contribution in [0.4, 0.5) is 0 Å². The Kier molecular flexibility index (Phi) is 3.32. The predicted molar refractivity (Wildman–Crippen MR) is 69.0 cm³/mol. The van der Waals surface area contributed by atoms with E-state index in [-0.39, 0.29) is 18.1 Å². The molecule has 2 bridgehead atoms. The summed E-state index contributed by atoms with van der Waals surface area (Å²) in [7, 11) is 0. The van der Waals surface area contributed by atoms with Crippen LogP contribution in [0.15, 0.2) is 0 Å². The number of aliphatic hydroxyl groups excluding tert-OH is 1. The number of rotatable bonds is 5. The van der Waals surface area contributed by atoms with Crippen molar-refractivity contribution in [1.82, 2.24) is 10.2 Å². The quantitative estimate of drug-likeness (QED) is 0.705. The van der Waals surface area contributed by atoms with Crippen LogP contribution in [0.1, 0.15) is 32.6 Å². The Morgan fingerprint density at radius 3 is 2.94 bits per heavy atom. The predicted octanol–water partition coefficient (Wildman–Crippen LogP) is 0.604. The second-order valence-corrected chi connectivity index (χ2v) is 6.27. The summed E-state index contributed by atoms with van der Waals surface area (Å²) in [5.41, 5.74) is 0. The highest BCUT2D eigenvalue weighted by Gasteiger charge is 2.58. The van der Waals surface area contributed by atoms with Gasteiger partial charge in [0.25, 0.3) is 0 Å². The molecule has 18 heavy (non-hydrogen) atoms. The molecule has 2 N–H and O–H groups in total. The molecule has 0 radical (unpaired) electrons. The number of fused-ring (bicyclic) bond motifs is 1. The number of nitrogens with zero attached hydrogens (tertiary/aromatic N) is 1. The van der Waals surface area contributed by atoms with Crippen LogP contribution in [0.3, 0.4) is 0 Å². The lowest BCUT2D eigenvalue weighted by Gasteiger charge is -2.28. The molecule has 1 aliphatic heterocycles. The zero-order chi connectivity index (χ0) is 12.7. The summed E-state index contributed by atoms with van der Waals surface area (Å²) in [5, 5.41) is 13.2. The first kappa shape index (κ1) is 12.4. The van der Waals surface area contributed by atoms with Gasteiger partial charge in [0, 0.05) is 19.1 Å². The number of nitrogens with one attached hydrogen (secondary N) is 1. The van der Waals surface area contributed by atoms with Crippen LogP contribution in [0.2, 0.25) is 0 Å². The minimum atomic E-state index is -0.183. The van der Waals surface area contributed by atoms with E-state index in [0.717, 1.165) is 31.8 Å². The first-order valence-electron chi connectivity index (χ1n) is 7.39. The molecular formula is C14H24N2O2. The van der Waals surface area contributed by atoms with Crippen molar-refractivity contribution in [2.75, 3.05) is 19.6 Å². The van der Waals surface area contributed by atoms with Crippen molar-refractivity contribution in [3.8, 4) is 0 Å². The van der Waals surface area contributed by atoms with Crippen molar-refractivity contribution < 1.29 is 9.90 Å². The third-order valence-electron chi connectivity index (χ3n) is 5.15. The molecule has 2 saturated carbocycles. The number of carbonyl (C=O) groups excluding carboxylic acids is 1. The summed E-state index contributed by atoms with van der Waals surface area (Å²) >= 11 is 0. The molecule has 3 rings (SSSR count). The maximum absolute atomic E-state index is 11.9. The molecule has 0 spiro atoms. The van der Waals surface area contributed by atoms with E-state index in [2.05, 4.69) is 17.1 Å². The number of hydrogen-bond donors (Lipinski definition) is 2. The smallest absolute Gasteiger partial charge is 0.234 e. The van der Waals surface area contributed by atoms with Gasteiger partial charge < -0.3 is 10.4 Å². The van der Waals surface area contributed by atoms with E-state index < -0.39 is 0 Å². The maximum Gasteiger partial charge on any atom is 0.234 e. The van der Waals surface area contributed by atoms with Crippen molar-refractivity contribution in [1.29, 1.82) is 0 Å². The van der Waals surface area contributed by atoms with Gasteiger partial charge in [-0.2, -0.15) is 0 Å². The third kappa shape index (κ3) is 1.95. The molecular weight excluding hydrogens is 228 g/mol. The van der Waals surface area contributed by atoms with Crippen LogP contribution in [-0.2, 0) is 4.79 Å². The second kappa shape index (κ2) is 4.82. The minimum Gasteiger partial charge on any atom is -0.391 e. The standard InChI is InChI=1S/C14H24N2O2/c1-2-3-4-15-12(17)8-16-7-10-5-9-6-11(10)13(16)14(9)18/h9-11,13-14,18H,2-8H2,1H3,(H,15,17). The second-order valence-electron chi connectivity index (χ2n) is 6.27. The van der Waals surface area contributed by atoms with E-state index >= 15 is 0 Å². The molecule has 102 valence electrons. The van der Waals surface area contributed by atoms with Crippen LogP contribution < -0.4 is 5.32 Å². The summed E-state index contributed by atoms with van der Waals surface area (Å²) in [6.45, 7) is 4.40. The summed E-state index contributed by atoms with van der Waals surface area (Å²) in [6.07, 6.45) is 4.33. The Balaban J connectivity index is 1.53. The Bertz CT molecular complexity index is 332. The van der Waals surface area contributed by atoms with Gasteiger partial charge in [0.15, 0.2) is 0 Å². The average Bonchev–Trinajstić information content (AvgIpc) is 2.91. The van der Waals surface area contributed by atoms with Gasteiger partial charge in [0.05, 0.1) is 12.6 Å². The Hall–Kier alpha value is -0.610. The van der Waals surface area contributed by atoms with Crippen molar-refractivity contribution in [2.24, 2.45) is 17.8 Å². The first-order valence-corrected chi connectivity index (χ1v) is 7.39. The topological polar surface area (TPSA) is 52.6 Å². The number of amides is 1. The molecule has 1 heterocycles. The number of aliphatic hydroxyl groups is 1. The molecule has 5 unspecified atom stereocenters. The van der Waals surface area contributed by atoms with E-state index in [1.807, 2.05) is 0 Å². The van der Waals surface area contributed by atoms with Crippen LogP contribution in [0, 0.1) is 17.8 Å². The van der Waals surface area contributed by atoms with Gasteiger partial charge in [-0.05, 0) is 37.0 Å². The van der Waals surface area contributed by atoms with Gasteiger partial charge in [-0.1, -0.05) is 13.3 Å².